The summed E-state index contributed by atoms with van der Waals surface area (Å²) in [5.41, 5.74) is 3.89. The molecule has 1 aromatic carbocycles. The lowest BCUT2D eigenvalue weighted by Crippen LogP contribution is -2.07. The first-order chi connectivity index (χ1) is 17.2. The predicted molar refractivity (Wildman–Crippen MR) is 164 cm³/mol. The summed E-state index contributed by atoms with van der Waals surface area (Å²) >= 11 is 0. The molecule has 0 saturated heterocycles. The van der Waals surface area contributed by atoms with E-state index in [0.717, 1.165) is 0 Å². The lowest BCUT2D eigenvalue weighted by Gasteiger charge is -2.14. The molecular formula is C33H53ClN2. The molecule has 1 heterocycles. The molecule has 2 aromatic rings. The third kappa shape index (κ3) is 14.7. The molecule has 2 rings (SSSR count). The van der Waals surface area contributed by atoms with Crippen molar-refractivity contribution >= 4 is 24.2 Å². The smallest absolute Gasteiger partial charge is 0.0361 e. The Morgan fingerprint density at radius 3 is 1.61 bits per heavy atom. The fourth-order valence-electron chi connectivity index (χ4n) is 4.83. The molecule has 3 heteroatoms. The Labute approximate surface area is 229 Å². The highest BCUT2D eigenvalue weighted by Crippen LogP contribution is 2.25. The van der Waals surface area contributed by atoms with Crippen LogP contribution in [0.15, 0.2) is 54.9 Å². The van der Waals surface area contributed by atoms with E-state index in [2.05, 4.69) is 79.5 Å². The number of allylic oxidation sites excluding steroid dienone is 1. The molecule has 0 amide bonds. The van der Waals surface area contributed by atoms with Gasteiger partial charge >= 0.3 is 0 Å². The minimum atomic E-state index is 0. The first-order valence-corrected chi connectivity index (χ1v) is 14.6. The van der Waals surface area contributed by atoms with Crippen LogP contribution in [0.2, 0.25) is 0 Å². The maximum Gasteiger partial charge on any atom is 0.0361 e. The second-order valence-electron chi connectivity index (χ2n) is 10.5. The summed E-state index contributed by atoms with van der Waals surface area (Å²) in [5.74, 6) is 0.466. The van der Waals surface area contributed by atoms with Crippen LogP contribution in [-0.4, -0.2) is 19.1 Å². The molecule has 0 aliphatic rings. The van der Waals surface area contributed by atoms with Gasteiger partial charge in [-0.25, -0.2) is 0 Å². The molecule has 1 unspecified atom stereocenters. The van der Waals surface area contributed by atoms with E-state index in [1.165, 1.54) is 120 Å². The minimum absolute atomic E-state index is 0. The molecule has 36 heavy (non-hydrogen) atoms. The lowest BCUT2D eigenvalue weighted by molar-refractivity contribution is 0.526. The zero-order chi connectivity index (χ0) is 25.0. The van der Waals surface area contributed by atoms with Crippen molar-refractivity contribution in [3.8, 4) is 0 Å². The van der Waals surface area contributed by atoms with E-state index in [9.17, 15) is 0 Å². The molecule has 0 radical (unpaired) electrons. The summed E-state index contributed by atoms with van der Waals surface area (Å²) in [4.78, 5) is 6.36. The van der Waals surface area contributed by atoms with Crippen molar-refractivity contribution < 1.29 is 0 Å². The average Bonchev–Trinajstić information content (AvgIpc) is 2.88. The summed E-state index contributed by atoms with van der Waals surface area (Å²) in [7, 11) is 4.17. The van der Waals surface area contributed by atoms with Gasteiger partial charge in [0.1, 0.15) is 0 Å². The Morgan fingerprint density at radius 1 is 0.667 bits per heavy atom. The van der Waals surface area contributed by atoms with E-state index in [1.54, 1.807) is 0 Å². The molecule has 0 aliphatic carbocycles. The first-order valence-electron chi connectivity index (χ1n) is 14.6. The maximum atomic E-state index is 4.22. The third-order valence-corrected chi connectivity index (χ3v) is 7.18. The van der Waals surface area contributed by atoms with Gasteiger partial charge in [-0.2, -0.15) is 0 Å². The molecule has 0 spiro atoms. The number of halogens is 1. The van der Waals surface area contributed by atoms with Gasteiger partial charge in [0.25, 0.3) is 0 Å². The van der Waals surface area contributed by atoms with Crippen molar-refractivity contribution in [3.63, 3.8) is 0 Å². The Balaban J connectivity index is 0.00000648. The number of anilines is 1. The van der Waals surface area contributed by atoms with E-state index >= 15 is 0 Å². The summed E-state index contributed by atoms with van der Waals surface area (Å²) in [5, 5.41) is 0. The SMILES string of the molecule is CCCCCCCCCCCCCCCCCC(/C=C/c1ccc(N(C)C)cc1)c1ccncc1.Cl. The number of hydrogen-bond acceptors (Lipinski definition) is 2. The lowest BCUT2D eigenvalue weighted by atomic mass is 9.92. The number of pyridine rings is 1. The maximum absolute atomic E-state index is 4.22. The molecule has 202 valence electrons. The van der Waals surface area contributed by atoms with Crippen LogP contribution in [0.1, 0.15) is 127 Å². The number of benzene rings is 1. The largest absolute Gasteiger partial charge is 0.378 e. The highest BCUT2D eigenvalue weighted by molar-refractivity contribution is 5.85. The van der Waals surface area contributed by atoms with Gasteiger partial charge in [-0.15, -0.1) is 12.4 Å². The fourth-order valence-corrected chi connectivity index (χ4v) is 4.83. The van der Waals surface area contributed by atoms with E-state index in [-0.39, 0.29) is 12.4 Å². The molecule has 1 atom stereocenters. The number of nitrogens with zero attached hydrogens (tertiary/aromatic N) is 2. The van der Waals surface area contributed by atoms with Crippen molar-refractivity contribution in [2.45, 2.75) is 116 Å². The highest BCUT2D eigenvalue weighted by atomic mass is 35.5. The van der Waals surface area contributed by atoms with E-state index < -0.39 is 0 Å². The van der Waals surface area contributed by atoms with Crippen LogP contribution in [0.3, 0.4) is 0 Å². The molecule has 2 nitrogen and oxygen atoms in total. The molecule has 0 fully saturated rings. The minimum Gasteiger partial charge on any atom is -0.378 e. The van der Waals surface area contributed by atoms with Gasteiger partial charge in [0, 0.05) is 38.1 Å². The van der Waals surface area contributed by atoms with Gasteiger partial charge in [-0.3, -0.25) is 4.98 Å². The molecule has 0 saturated carbocycles. The second kappa shape index (κ2) is 21.3. The van der Waals surface area contributed by atoms with Crippen molar-refractivity contribution in [1.29, 1.82) is 0 Å². The van der Waals surface area contributed by atoms with Crippen molar-refractivity contribution in [2.24, 2.45) is 0 Å². The van der Waals surface area contributed by atoms with E-state index in [1.807, 2.05) is 12.4 Å². The predicted octanol–water partition coefficient (Wildman–Crippen LogP) is 10.6. The number of unbranched alkanes of at least 4 members (excludes halogenated alkanes) is 14. The zero-order valence-corrected chi connectivity index (χ0v) is 24.3. The van der Waals surface area contributed by atoms with Crippen LogP contribution in [0.5, 0.6) is 0 Å². The van der Waals surface area contributed by atoms with Gasteiger partial charge in [-0.1, -0.05) is 128 Å². The van der Waals surface area contributed by atoms with Crippen LogP contribution in [0.4, 0.5) is 5.69 Å². The zero-order valence-electron chi connectivity index (χ0n) is 23.5. The monoisotopic (exact) mass is 512 g/mol. The summed E-state index contributed by atoms with van der Waals surface area (Å²) in [6.07, 6.45) is 31.0. The molecule has 0 N–H and O–H groups in total. The quantitative estimate of drug-likeness (QED) is 0.164. The van der Waals surface area contributed by atoms with Crippen LogP contribution in [-0.2, 0) is 0 Å². The molecular weight excluding hydrogens is 460 g/mol. The van der Waals surface area contributed by atoms with Crippen LogP contribution in [0, 0.1) is 0 Å². The third-order valence-electron chi connectivity index (χ3n) is 7.18. The highest BCUT2D eigenvalue weighted by Gasteiger charge is 2.08. The summed E-state index contributed by atoms with van der Waals surface area (Å²) in [6, 6.07) is 13.2. The molecule has 1 aromatic heterocycles. The van der Waals surface area contributed by atoms with Crippen molar-refractivity contribution in [1.82, 2.24) is 4.98 Å². The molecule has 0 bridgehead atoms. The Hall–Kier alpha value is -1.80. The summed E-state index contributed by atoms with van der Waals surface area (Å²) < 4.78 is 0. The second-order valence-corrected chi connectivity index (χ2v) is 10.5. The standard InChI is InChI=1S/C33H52N2.ClH/c1-4-5-6-7-8-9-10-11-12-13-14-15-16-17-18-19-31(32-26-28-34-29-27-32)23-20-30-21-24-33(25-22-30)35(2)3;/h20-29,31H,4-19H2,1-3H3;1H/b23-20+;. The number of hydrogen-bond donors (Lipinski definition) is 0. The fraction of sp³-hybridized carbons (Fsp3) is 0.606. The van der Waals surface area contributed by atoms with Crippen LogP contribution in [0.25, 0.3) is 6.08 Å². The average molecular weight is 513 g/mol. The van der Waals surface area contributed by atoms with Crippen molar-refractivity contribution in [2.75, 3.05) is 19.0 Å². The van der Waals surface area contributed by atoms with Gasteiger partial charge < -0.3 is 4.90 Å². The molecule has 0 aliphatic heterocycles. The topological polar surface area (TPSA) is 16.1 Å². The van der Waals surface area contributed by atoms with Crippen LogP contribution < -0.4 is 4.90 Å². The Bertz CT molecular complexity index is 770. The number of rotatable bonds is 20. The van der Waals surface area contributed by atoms with Gasteiger partial charge in [0.05, 0.1) is 0 Å². The number of aromatic nitrogens is 1. The van der Waals surface area contributed by atoms with E-state index in [0.29, 0.717) is 5.92 Å². The Kier molecular flexibility index (Phi) is 19.1. The van der Waals surface area contributed by atoms with Gasteiger partial charge in [0.15, 0.2) is 0 Å². The van der Waals surface area contributed by atoms with E-state index in [4.69, 9.17) is 0 Å². The van der Waals surface area contributed by atoms with Gasteiger partial charge in [-0.05, 0) is 41.8 Å². The van der Waals surface area contributed by atoms with Gasteiger partial charge in [0.2, 0.25) is 0 Å². The normalized spacial score (nSPS) is 12.0. The summed E-state index contributed by atoms with van der Waals surface area (Å²) in [6.45, 7) is 2.30. The first kappa shape index (κ1) is 32.2. The van der Waals surface area contributed by atoms with Crippen molar-refractivity contribution in [3.05, 3.63) is 66.0 Å². The Morgan fingerprint density at radius 2 is 1.14 bits per heavy atom. The van der Waals surface area contributed by atoms with Crippen LogP contribution >= 0.6 is 12.4 Å².